The zero-order valence-corrected chi connectivity index (χ0v) is 21.4. The van der Waals surface area contributed by atoms with Crippen LogP contribution in [0.1, 0.15) is 38.7 Å². The molecule has 0 aliphatic heterocycles. The van der Waals surface area contributed by atoms with Gasteiger partial charge in [0.05, 0.1) is 17.8 Å². The lowest BCUT2D eigenvalue weighted by atomic mass is 10.0. The SMILES string of the molecule is C=CCOc1ccccc1/C=N\NC(=O)[C@@H](CC(C)C)NC(=O)CCCOc1ccc(Cl)cc1Cl. The molecule has 0 aromatic heterocycles. The Morgan fingerprint density at radius 2 is 1.89 bits per heavy atom. The lowest BCUT2D eigenvalue weighted by molar-refractivity contribution is -0.129. The van der Waals surface area contributed by atoms with Crippen LogP contribution in [0.3, 0.4) is 0 Å². The van der Waals surface area contributed by atoms with Crippen LogP contribution in [0, 0.1) is 5.92 Å². The van der Waals surface area contributed by atoms with Gasteiger partial charge in [-0.2, -0.15) is 5.10 Å². The molecule has 0 unspecified atom stereocenters. The van der Waals surface area contributed by atoms with Gasteiger partial charge in [0.25, 0.3) is 5.91 Å². The standard InChI is InChI=1S/C26H31Cl2N3O4/c1-4-13-34-23-9-6-5-8-19(23)17-29-31-26(33)22(15-18(2)3)30-25(32)10-7-14-35-24-12-11-20(27)16-21(24)28/h4-6,8-9,11-12,16-18,22H,1,7,10,13-15H2,2-3H3,(H,30,32)(H,31,33)/b29-17-/t22-/m1/s1. The molecule has 0 heterocycles. The lowest BCUT2D eigenvalue weighted by Crippen LogP contribution is -2.46. The molecule has 0 saturated heterocycles. The van der Waals surface area contributed by atoms with Crippen molar-refractivity contribution in [2.24, 2.45) is 11.0 Å². The number of nitrogens with zero attached hydrogens (tertiary/aromatic N) is 1. The van der Waals surface area contributed by atoms with Crippen LogP contribution >= 0.6 is 23.2 Å². The molecule has 0 radical (unpaired) electrons. The molecule has 2 aromatic carbocycles. The number of benzene rings is 2. The Balaban J connectivity index is 1.86. The quantitative estimate of drug-likeness (QED) is 0.151. The van der Waals surface area contributed by atoms with E-state index in [2.05, 4.69) is 22.4 Å². The van der Waals surface area contributed by atoms with Crippen LogP contribution in [0.2, 0.25) is 10.0 Å². The summed E-state index contributed by atoms with van der Waals surface area (Å²) in [5.74, 6) is 0.682. The molecule has 0 aliphatic carbocycles. The minimum atomic E-state index is -0.710. The summed E-state index contributed by atoms with van der Waals surface area (Å²) in [6.07, 6.45) is 4.28. The smallest absolute Gasteiger partial charge is 0.262 e. The first kappa shape index (κ1) is 28.2. The highest BCUT2D eigenvalue weighted by Crippen LogP contribution is 2.27. The molecular weight excluding hydrogens is 489 g/mol. The van der Waals surface area contributed by atoms with E-state index in [1.165, 1.54) is 6.21 Å². The Hall–Kier alpha value is -3.03. The fourth-order valence-corrected chi connectivity index (χ4v) is 3.55. The number of hydrogen-bond acceptors (Lipinski definition) is 5. The molecule has 35 heavy (non-hydrogen) atoms. The highest BCUT2D eigenvalue weighted by Gasteiger charge is 2.21. The molecule has 2 amide bonds. The summed E-state index contributed by atoms with van der Waals surface area (Å²) in [6, 6.07) is 11.6. The minimum absolute atomic E-state index is 0.193. The monoisotopic (exact) mass is 519 g/mol. The molecule has 0 saturated carbocycles. The second kappa shape index (κ2) is 15.1. The van der Waals surface area contributed by atoms with Crippen LogP contribution in [-0.2, 0) is 9.59 Å². The maximum Gasteiger partial charge on any atom is 0.262 e. The van der Waals surface area contributed by atoms with Crippen molar-refractivity contribution < 1.29 is 19.1 Å². The predicted octanol–water partition coefficient (Wildman–Crippen LogP) is 5.40. The van der Waals surface area contributed by atoms with Crippen molar-refractivity contribution in [3.8, 4) is 11.5 Å². The van der Waals surface area contributed by atoms with Gasteiger partial charge in [-0.15, -0.1) is 0 Å². The zero-order chi connectivity index (χ0) is 25.6. The summed E-state index contributed by atoms with van der Waals surface area (Å²) in [6.45, 7) is 8.25. The fourth-order valence-electron chi connectivity index (χ4n) is 3.09. The van der Waals surface area contributed by atoms with Gasteiger partial charge in [-0.3, -0.25) is 9.59 Å². The van der Waals surface area contributed by atoms with E-state index in [0.717, 1.165) is 0 Å². The normalized spacial score (nSPS) is 11.8. The Kier molecular flexibility index (Phi) is 12.1. The van der Waals surface area contributed by atoms with Gasteiger partial charge in [0, 0.05) is 17.0 Å². The molecule has 2 aromatic rings. The van der Waals surface area contributed by atoms with Crippen LogP contribution in [0.25, 0.3) is 0 Å². The average Bonchev–Trinajstić information content (AvgIpc) is 2.81. The van der Waals surface area contributed by atoms with Gasteiger partial charge in [-0.25, -0.2) is 5.43 Å². The molecule has 0 aliphatic rings. The third-order valence-corrected chi connectivity index (χ3v) is 5.24. The van der Waals surface area contributed by atoms with E-state index in [0.29, 0.717) is 53.2 Å². The Morgan fingerprint density at radius 1 is 1.11 bits per heavy atom. The van der Waals surface area contributed by atoms with Crippen LogP contribution < -0.4 is 20.2 Å². The maximum atomic E-state index is 12.7. The molecule has 2 N–H and O–H groups in total. The van der Waals surface area contributed by atoms with Crippen LogP contribution in [0.5, 0.6) is 11.5 Å². The van der Waals surface area contributed by atoms with E-state index in [9.17, 15) is 9.59 Å². The van der Waals surface area contributed by atoms with Gasteiger partial charge in [0.1, 0.15) is 24.1 Å². The van der Waals surface area contributed by atoms with Gasteiger partial charge >= 0.3 is 0 Å². The van der Waals surface area contributed by atoms with Gasteiger partial charge in [-0.05, 0) is 49.1 Å². The van der Waals surface area contributed by atoms with Crippen molar-refractivity contribution >= 4 is 41.2 Å². The number of ether oxygens (including phenoxy) is 2. The number of rotatable bonds is 14. The van der Waals surface area contributed by atoms with Crippen LogP contribution in [0.15, 0.2) is 60.2 Å². The Labute approximate surface area is 216 Å². The topological polar surface area (TPSA) is 89.0 Å². The number of hydrogen-bond donors (Lipinski definition) is 2. The molecule has 9 heteroatoms. The first-order chi connectivity index (χ1) is 16.8. The molecule has 1 atom stereocenters. The van der Waals surface area contributed by atoms with E-state index in [1.54, 1.807) is 30.3 Å². The largest absolute Gasteiger partial charge is 0.492 e. The van der Waals surface area contributed by atoms with Crippen molar-refractivity contribution in [1.82, 2.24) is 10.7 Å². The summed E-state index contributed by atoms with van der Waals surface area (Å²) in [5, 5.41) is 7.77. The third kappa shape index (κ3) is 10.4. The first-order valence-electron chi connectivity index (χ1n) is 11.3. The van der Waals surface area contributed by atoms with E-state index in [1.807, 2.05) is 32.0 Å². The Morgan fingerprint density at radius 3 is 2.60 bits per heavy atom. The van der Waals surface area contributed by atoms with Crippen molar-refractivity contribution in [3.05, 3.63) is 70.7 Å². The highest BCUT2D eigenvalue weighted by atomic mass is 35.5. The van der Waals surface area contributed by atoms with Crippen molar-refractivity contribution in [3.63, 3.8) is 0 Å². The Bertz CT molecular complexity index is 1030. The van der Waals surface area contributed by atoms with Gasteiger partial charge in [0.2, 0.25) is 5.91 Å². The van der Waals surface area contributed by atoms with E-state index in [-0.39, 0.29) is 18.2 Å². The number of para-hydroxylation sites is 1. The van der Waals surface area contributed by atoms with Crippen LogP contribution in [-0.4, -0.2) is 37.3 Å². The number of carbonyl (C=O) groups is 2. The summed E-state index contributed by atoms with van der Waals surface area (Å²) >= 11 is 12.0. The van der Waals surface area contributed by atoms with E-state index >= 15 is 0 Å². The third-order valence-electron chi connectivity index (χ3n) is 4.71. The zero-order valence-electron chi connectivity index (χ0n) is 19.9. The summed E-state index contributed by atoms with van der Waals surface area (Å²) in [5.41, 5.74) is 3.22. The molecule has 7 nitrogen and oxygen atoms in total. The molecule has 0 fully saturated rings. The molecule has 188 valence electrons. The van der Waals surface area contributed by atoms with Crippen LogP contribution in [0.4, 0.5) is 0 Å². The average molecular weight is 520 g/mol. The fraction of sp³-hybridized carbons (Fsp3) is 0.346. The predicted molar refractivity (Wildman–Crippen MR) is 140 cm³/mol. The van der Waals surface area contributed by atoms with Gasteiger partial charge in [-0.1, -0.05) is 61.8 Å². The van der Waals surface area contributed by atoms with Gasteiger partial charge in [0.15, 0.2) is 0 Å². The van der Waals surface area contributed by atoms with E-state index in [4.69, 9.17) is 32.7 Å². The van der Waals surface area contributed by atoms with E-state index < -0.39 is 11.9 Å². The van der Waals surface area contributed by atoms with Gasteiger partial charge < -0.3 is 14.8 Å². The number of halogens is 2. The van der Waals surface area contributed by atoms with Crippen molar-refractivity contribution in [1.29, 1.82) is 0 Å². The number of nitrogens with one attached hydrogen (secondary N) is 2. The summed E-state index contributed by atoms with van der Waals surface area (Å²) < 4.78 is 11.2. The molecule has 2 rings (SSSR count). The molecule has 0 spiro atoms. The number of amides is 2. The van der Waals surface area contributed by atoms with Crippen molar-refractivity contribution in [2.45, 2.75) is 39.2 Å². The second-order valence-electron chi connectivity index (χ2n) is 8.15. The first-order valence-corrected chi connectivity index (χ1v) is 12.1. The summed E-state index contributed by atoms with van der Waals surface area (Å²) in [4.78, 5) is 25.2. The summed E-state index contributed by atoms with van der Waals surface area (Å²) in [7, 11) is 0. The van der Waals surface area contributed by atoms with Crippen molar-refractivity contribution in [2.75, 3.05) is 13.2 Å². The lowest BCUT2D eigenvalue weighted by Gasteiger charge is -2.19. The minimum Gasteiger partial charge on any atom is -0.492 e. The molecular formula is C26H31Cl2N3O4. The highest BCUT2D eigenvalue weighted by molar-refractivity contribution is 6.35. The molecule has 0 bridgehead atoms. The number of carbonyl (C=O) groups excluding carboxylic acids is 2. The number of hydrazone groups is 1. The second-order valence-corrected chi connectivity index (χ2v) is 8.99. The maximum absolute atomic E-state index is 12.7.